The summed E-state index contributed by atoms with van der Waals surface area (Å²) in [6, 6.07) is 9.97. The number of non-ortho nitro benzene ring substituents is 1. The van der Waals surface area contributed by atoms with Crippen LogP contribution < -0.4 is 5.32 Å². The molecule has 0 saturated carbocycles. The van der Waals surface area contributed by atoms with Crippen molar-refractivity contribution in [1.82, 2.24) is 0 Å². The molecule has 1 N–H and O–H groups in total. The molecule has 1 aromatic carbocycles. The zero-order chi connectivity index (χ0) is 12.3. The minimum atomic E-state index is -0.422. The van der Waals surface area contributed by atoms with Gasteiger partial charge in [-0.2, -0.15) is 0 Å². The number of nitrogens with one attached hydrogen (secondary N) is 1. The molecular weight excluding hydrogens is 288 g/mol. The number of nitrogens with zero attached hydrogens (tertiary/aromatic N) is 1. The van der Waals surface area contributed by atoms with E-state index >= 15 is 0 Å². The van der Waals surface area contributed by atoms with Gasteiger partial charge in [0.25, 0.3) is 5.69 Å². The van der Waals surface area contributed by atoms with E-state index < -0.39 is 4.92 Å². The van der Waals surface area contributed by atoms with Crippen LogP contribution in [0.3, 0.4) is 0 Å². The van der Waals surface area contributed by atoms with Crippen LogP contribution in [0.15, 0.2) is 45.5 Å². The molecule has 5 nitrogen and oxygen atoms in total. The normalized spacial score (nSPS) is 10.2. The minimum absolute atomic E-state index is 0.0654. The molecule has 0 aliphatic heterocycles. The van der Waals surface area contributed by atoms with Crippen molar-refractivity contribution < 1.29 is 9.34 Å². The third kappa shape index (κ3) is 3.07. The zero-order valence-corrected chi connectivity index (χ0v) is 10.3. The highest BCUT2D eigenvalue weighted by Crippen LogP contribution is 2.19. The summed E-state index contributed by atoms with van der Waals surface area (Å²) in [6.07, 6.45) is 0. The molecular formula is C11H9BrN2O3. The lowest BCUT2D eigenvalue weighted by atomic mass is 10.3. The van der Waals surface area contributed by atoms with Crippen LogP contribution in [0.25, 0.3) is 0 Å². The second kappa shape index (κ2) is 5.01. The predicted octanol–water partition coefficient (Wildman–Crippen LogP) is 3.56. The topological polar surface area (TPSA) is 68.3 Å². The Balaban J connectivity index is 2.04. The van der Waals surface area contributed by atoms with Gasteiger partial charge in [0, 0.05) is 17.8 Å². The number of anilines is 1. The number of nitro benzene ring substituents is 1. The molecule has 0 spiro atoms. The van der Waals surface area contributed by atoms with Gasteiger partial charge in [-0.3, -0.25) is 10.1 Å². The van der Waals surface area contributed by atoms with E-state index in [9.17, 15) is 10.1 Å². The first-order chi connectivity index (χ1) is 8.15. The van der Waals surface area contributed by atoms with Crippen molar-refractivity contribution >= 4 is 27.3 Å². The summed E-state index contributed by atoms with van der Waals surface area (Å²) in [4.78, 5) is 10.2. The Labute approximate surface area is 106 Å². The van der Waals surface area contributed by atoms with Crippen molar-refractivity contribution in [3.05, 3.63) is 56.9 Å². The van der Waals surface area contributed by atoms with Crippen molar-refractivity contribution in [2.45, 2.75) is 6.54 Å². The first-order valence-corrected chi connectivity index (χ1v) is 5.67. The van der Waals surface area contributed by atoms with Crippen molar-refractivity contribution in [3.8, 4) is 0 Å². The third-order valence-electron chi connectivity index (χ3n) is 2.15. The number of hydrogen-bond acceptors (Lipinski definition) is 4. The van der Waals surface area contributed by atoms with Gasteiger partial charge < -0.3 is 9.73 Å². The number of furan rings is 1. The van der Waals surface area contributed by atoms with E-state index in [-0.39, 0.29) is 5.69 Å². The first kappa shape index (κ1) is 11.7. The average molecular weight is 297 g/mol. The van der Waals surface area contributed by atoms with Gasteiger partial charge in [-0.1, -0.05) is 6.07 Å². The summed E-state index contributed by atoms with van der Waals surface area (Å²) >= 11 is 3.21. The van der Waals surface area contributed by atoms with Crippen molar-refractivity contribution in [2.24, 2.45) is 0 Å². The summed E-state index contributed by atoms with van der Waals surface area (Å²) in [5.41, 5.74) is 0.752. The van der Waals surface area contributed by atoms with E-state index in [1.807, 2.05) is 6.07 Å². The van der Waals surface area contributed by atoms with Crippen LogP contribution in [0.1, 0.15) is 5.76 Å². The molecule has 0 unspecified atom stereocenters. The van der Waals surface area contributed by atoms with Crippen molar-refractivity contribution in [3.63, 3.8) is 0 Å². The molecule has 1 heterocycles. The van der Waals surface area contributed by atoms with E-state index in [4.69, 9.17) is 4.42 Å². The SMILES string of the molecule is O=[N+]([O-])c1cccc(NCc2ccc(Br)o2)c1. The van der Waals surface area contributed by atoms with E-state index in [1.54, 1.807) is 18.2 Å². The highest BCUT2D eigenvalue weighted by Gasteiger charge is 2.05. The van der Waals surface area contributed by atoms with E-state index in [1.165, 1.54) is 12.1 Å². The van der Waals surface area contributed by atoms with Gasteiger partial charge in [0.05, 0.1) is 11.5 Å². The second-order valence-electron chi connectivity index (χ2n) is 3.37. The number of rotatable bonds is 4. The number of hydrogen-bond donors (Lipinski definition) is 1. The van der Waals surface area contributed by atoms with Crippen LogP contribution >= 0.6 is 15.9 Å². The van der Waals surface area contributed by atoms with Crippen LogP contribution in [0.2, 0.25) is 0 Å². The molecule has 17 heavy (non-hydrogen) atoms. The second-order valence-corrected chi connectivity index (χ2v) is 4.15. The molecule has 0 aliphatic rings. The van der Waals surface area contributed by atoms with Crippen molar-refractivity contribution in [2.75, 3.05) is 5.32 Å². The summed E-state index contributed by atoms with van der Waals surface area (Å²) in [5.74, 6) is 0.753. The Morgan fingerprint density at radius 1 is 1.35 bits per heavy atom. The minimum Gasteiger partial charge on any atom is -0.452 e. The molecule has 0 bridgehead atoms. The van der Waals surface area contributed by atoms with Crippen LogP contribution in [-0.4, -0.2) is 4.92 Å². The standard InChI is InChI=1S/C11H9BrN2O3/c12-11-5-4-10(17-11)7-13-8-2-1-3-9(6-8)14(15)16/h1-6,13H,7H2. The van der Waals surface area contributed by atoms with E-state index in [2.05, 4.69) is 21.2 Å². The molecule has 0 fully saturated rings. The van der Waals surface area contributed by atoms with Gasteiger partial charge in [-0.15, -0.1) is 0 Å². The lowest BCUT2D eigenvalue weighted by Gasteiger charge is -2.03. The van der Waals surface area contributed by atoms with Gasteiger partial charge in [-0.05, 0) is 34.1 Å². The quantitative estimate of drug-likeness (QED) is 0.692. The van der Waals surface area contributed by atoms with Crippen LogP contribution in [-0.2, 0) is 6.54 Å². The summed E-state index contributed by atoms with van der Waals surface area (Å²) in [5, 5.41) is 13.6. The fourth-order valence-electron chi connectivity index (χ4n) is 1.37. The van der Waals surface area contributed by atoms with E-state index in [0.29, 0.717) is 16.9 Å². The maximum atomic E-state index is 10.6. The largest absolute Gasteiger partial charge is 0.452 e. The lowest BCUT2D eigenvalue weighted by Crippen LogP contribution is -1.98. The zero-order valence-electron chi connectivity index (χ0n) is 8.72. The van der Waals surface area contributed by atoms with Gasteiger partial charge in [0.15, 0.2) is 4.67 Å². The lowest BCUT2D eigenvalue weighted by molar-refractivity contribution is -0.384. The van der Waals surface area contributed by atoms with Crippen LogP contribution in [0.4, 0.5) is 11.4 Å². The van der Waals surface area contributed by atoms with Crippen molar-refractivity contribution in [1.29, 1.82) is 0 Å². The smallest absolute Gasteiger partial charge is 0.271 e. The van der Waals surface area contributed by atoms with Crippen LogP contribution in [0, 0.1) is 10.1 Å². The summed E-state index contributed by atoms with van der Waals surface area (Å²) in [6.45, 7) is 0.479. The third-order valence-corrected chi connectivity index (χ3v) is 2.58. The number of halogens is 1. The fourth-order valence-corrected chi connectivity index (χ4v) is 1.71. The molecule has 6 heteroatoms. The maximum absolute atomic E-state index is 10.6. The molecule has 2 rings (SSSR count). The van der Waals surface area contributed by atoms with Gasteiger partial charge in [-0.25, -0.2) is 0 Å². The monoisotopic (exact) mass is 296 g/mol. The fraction of sp³-hybridized carbons (Fsp3) is 0.0909. The molecule has 2 aromatic rings. The summed E-state index contributed by atoms with van der Waals surface area (Å²) < 4.78 is 5.96. The highest BCUT2D eigenvalue weighted by atomic mass is 79.9. The Morgan fingerprint density at radius 2 is 2.18 bits per heavy atom. The molecule has 1 aromatic heterocycles. The molecule has 0 amide bonds. The van der Waals surface area contributed by atoms with Crippen LogP contribution in [0.5, 0.6) is 0 Å². The molecule has 0 atom stereocenters. The molecule has 88 valence electrons. The number of benzene rings is 1. The molecule has 0 saturated heterocycles. The Kier molecular flexibility index (Phi) is 3.43. The van der Waals surface area contributed by atoms with Gasteiger partial charge >= 0.3 is 0 Å². The first-order valence-electron chi connectivity index (χ1n) is 4.88. The predicted molar refractivity (Wildman–Crippen MR) is 66.8 cm³/mol. The number of nitro groups is 1. The highest BCUT2D eigenvalue weighted by molar-refractivity contribution is 9.10. The Bertz CT molecular complexity index is 539. The molecule has 0 radical (unpaired) electrons. The Morgan fingerprint density at radius 3 is 2.82 bits per heavy atom. The Hall–Kier alpha value is -1.82. The van der Waals surface area contributed by atoms with Gasteiger partial charge in [0.2, 0.25) is 0 Å². The summed E-state index contributed by atoms with van der Waals surface area (Å²) in [7, 11) is 0. The maximum Gasteiger partial charge on any atom is 0.271 e. The van der Waals surface area contributed by atoms with E-state index in [0.717, 1.165) is 5.76 Å². The average Bonchev–Trinajstić information content (AvgIpc) is 2.73. The molecule has 0 aliphatic carbocycles. The van der Waals surface area contributed by atoms with Gasteiger partial charge in [0.1, 0.15) is 5.76 Å².